The molecule has 4 heteroatoms. The highest BCUT2D eigenvalue weighted by Gasteiger charge is 1.94. The van der Waals surface area contributed by atoms with Crippen LogP contribution in [0, 0.1) is 0 Å². The molecule has 0 radical (unpaired) electrons. The number of nitrogens with zero attached hydrogens (tertiary/aromatic N) is 1. The van der Waals surface area contributed by atoms with Gasteiger partial charge in [0.2, 0.25) is 0 Å². The summed E-state index contributed by atoms with van der Waals surface area (Å²) in [6, 6.07) is 3.55. The van der Waals surface area contributed by atoms with Crippen LogP contribution in [-0.4, -0.2) is 4.57 Å². The van der Waals surface area contributed by atoms with Crippen LogP contribution in [0.5, 0.6) is 0 Å². The molecule has 1 aromatic heterocycles. The van der Waals surface area contributed by atoms with Crippen molar-refractivity contribution in [3.8, 4) is 0 Å². The van der Waals surface area contributed by atoms with E-state index in [2.05, 4.69) is 0 Å². The number of hydrogen-bond acceptors (Lipinski definition) is 2. The van der Waals surface area contributed by atoms with Crippen LogP contribution >= 0.6 is 12.4 Å². The lowest BCUT2D eigenvalue weighted by molar-refractivity contribution is 0.830. The second-order valence-electron chi connectivity index (χ2n) is 2.15. The van der Waals surface area contributed by atoms with Gasteiger partial charge in [0.25, 0.3) is 5.56 Å². The van der Waals surface area contributed by atoms with Gasteiger partial charge in [-0.25, -0.2) is 0 Å². The van der Waals surface area contributed by atoms with E-state index in [1.165, 1.54) is 4.57 Å². The first kappa shape index (κ1) is 10.2. The third kappa shape index (κ3) is 2.06. The molecule has 1 aromatic rings. The zero-order valence-electron chi connectivity index (χ0n) is 6.28. The molecule has 1 heterocycles. The highest BCUT2D eigenvalue weighted by molar-refractivity contribution is 5.85. The van der Waals surface area contributed by atoms with Gasteiger partial charge in [0.05, 0.1) is 0 Å². The van der Waals surface area contributed by atoms with E-state index in [1.807, 2.05) is 6.07 Å². The van der Waals surface area contributed by atoms with Crippen molar-refractivity contribution in [2.75, 3.05) is 0 Å². The van der Waals surface area contributed by atoms with Crippen molar-refractivity contribution in [2.45, 2.75) is 6.54 Å². The Bertz CT molecular complexity index is 282. The molecule has 0 aromatic carbocycles. The monoisotopic (exact) mass is 174 g/mol. The minimum Gasteiger partial charge on any atom is -0.326 e. The Balaban J connectivity index is 0.000001000. The predicted octanol–water partition coefficient (Wildman–Crippen LogP) is 0.266. The lowest BCUT2D eigenvalue weighted by Gasteiger charge is -1.97. The highest BCUT2D eigenvalue weighted by Crippen LogP contribution is 1.86. The van der Waals surface area contributed by atoms with Crippen LogP contribution in [0.15, 0.2) is 23.1 Å². The molecule has 0 saturated carbocycles. The Morgan fingerprint density at radius 1 is 1.64 bits per heavy atom. The zero-order valence-corrected chi connectivity index (χ0v) is 7.10. The Morgan fingerprint density at radius 3 is 2.73 bits per heavy atom. The summed E-state index contributed by atoms with van der Waals surface area (Å²) in [7, 11) is 1.71. The number of aryl methyl sites for hydroxylation is 1. The molecule has 2 N–H and O–H groups in total. The van der Waals surface area contributed by atoms with E-state index in [0.29, 0.717) is 12.1 Å². The average Bonchev–Trinajstić information content (AvgIpc) is 1.95. The van der Waals surface area contributed by atoms with Gasteiger partial charge in [-0.2, -0.15) is 0 Å². The predicted molar refractivity (Wildman–Crippen MR) is 46.8 cm³/mol. The van der Waals surface area contributed by atoms with Gasteiger partial charge in [-0.1, -0.05) is 6.07 Å². The maximum atomic E-state index is 11.1. The van der Waals surface area contributed by atoms with Gasteiger partial charge in [-0.15, -0.1) is 12.4 Å². The van der Waals surface area contributed by atoms with Crippen LogP contribution in [0.4, 0.5) is 0 Å². The molecular formula is C7H11ClN2O. The third-order valence-corrected chi connectivity index (χ3v) is 1.42. The molecule has 0 aliphatic heterocycles. The fraction of sp³-hybridized carbons (Fsp3) is 0.286. The number of rotatable bonds is 1. The lowest BCUT2D eigenvalue weighted by Crippen LogP contribution is -2.21. The van der Waals surface area contributed by atoms with E-state index in [-0.39, 0.29) is 18.0 Å². The van der Waals surface area contributed by atoms with Crippen molar-refractivity contribution in [3.05, 3.63) is 34.2 Å². The molecule has 0 spiro atoms. The van der Waals surface area contributed by atoms with Crippen molar-refractivity contribution in [2.24, 2.45) is 12.8 Å². The summed E-state index contributed by atoms with van der Waals surface area (Å²) in [6.07, 6.45) is 1.71. The van der Waals surface area contributed by atoms with E-state index < -0.39 is 0 Å². The molecule has 0 fully saturated rings. The van der Waals surface area contributed by atoms with Crippen molar-refractivity contribution in [1.29, 1.82) is 0 Å². The van der Waals surface area contributed by atoms with Crippen LogP contribution in [0.2, 0.25) is 0 Å². The maximum absolute atomic E-state index is 11.1. The Labute approximate surface area is 71.2 Å². The number of hydrogen-bond donors (Lipinski definition) is 1. The van der Waals surface area contributed by atoms with Crippen LogP contribution in [-0.2, 0) is 13.6 Å². The summed E-state index contributed by atoms with van der Waals surface area (Å²) in [6.45, 7) is 0.313. The number of aromatic nitrogens is 1. The van der Waals surface area contributed by atoms with Gasteiger partial charge >= 0.3 is 0 Å². The molecule has 0 amide bonds. The summed E-state index contributed by atoms with van der Waals surface area (Å²) in [5.74, 6) is 0. The number of pyridine rings is 1. The van der Waals surface area contributed by atoms with Gasteiger partial charge in [0, 0.05) is 25.4 Å². The SMILES string of the molecule is Cl.Cn1cccc(CN)c1=O. The van der Waals surface area contributed by atoms with Crippen LogP contribution in [0.1, 0.15) is 5.56 Å². The van der Waals surface area contributed by atoms with Crippen molar-refractivity contribution in [1.82, 2.24) is 4.57 Å². The Hall–Kier alpha value is -0.800. The summed E-state index contributed by atoms with van der Waals surface area (Å²) >= 11 is 0. The first-order chi connectivity index (χ1) is 4.75. The highest BCUT2D eigenvalue weighted by atomic mass is 35.5. The smallest absolute Gasteiger partial charge is 0.254 e. The third-order valence-electron chi connectivity index (χ3n) is 1.42. The van der Waals surface area contributed by atoms with Crippen LogP contribution < -0.4 is 11.3 Å². The van der Waals surface area contributed by atoms with E-state index in [0.717, 1.165) is 0 Å². The minimum atomic E-state index is -0.00926. The zero-order chi connectivity index (χ0) is 7.56. The van der Waals surface area contributed by atoms with Gasteiger partial charge in [-0.05, 0) is 6.07 Å². The van der Waals surface area contributed by atoms with E-state index >= 15 is 0 Å². The molecule has 1 rings (SSSR count). The largest absolute Gasteiger partial charge is 0.326 e. The fourth-order valence-electron chi connectivity index (χ4n) is 0.809. The molecule has 0 bridgehead atoms. The fourth-order valence-corrected chi connectivity index (χ4v) is 0.809. The summed E-state index contributed by atoms with van der Waals surface area (Å²) < 4.78 is 1.52. The summed E-state index contributed by atoms with van der Waals surface area (Å²) in [5, 5.41) is 0. The normalized spacial score (nSPS) is 8.91. The molecule has 0 aliphatic carbocycles. The molecule has 0 unspecified atom stereocenters. The second-order valence-corrected chi connectivity index (χ2v) is 2.15. The van der Waals surface area contributed by atoms with Crippen molar-refractivity contribution < 1.29 is 0 Å². The van der Waals surface area contributed by atoms with E-state index in [4.69, 9.17) is 5.73 Å². The van der Waals surface area contributed by atoms with Gasteiger partial charge in [-0.3, -0.25) is 4.79 Å². The lowest BCUT2D eigenvalue weighted by atomic mass is 10.3. The second kappa shape index (κ2) is 4.16. The molecular weight excluding hydrogens is 164 g/mol. The Morgan fingerprint density at radius 2 is 2.27 bits per heavy atom. The topological polar surface area (TPSA) is 48.0 Å². The molecule has 0 atom stereocenters. The molecule has 62 valence electrons. The number of halogens is 1. The van der Waals surface area contributed by atoms with Gasteiger partial charge < -0.3 is 10.3 Å². The standard InChI is InChI=1S/C7H10N2O.ClH/c1-9-4-2-3-6(5-8)7(9)10;/h2-4H,5,8H2,1H3;1H. The minimum absolute atomic E-state index is 0. The summed E-state index contributed by atoms with van der Waals surface area (Å²) in [5.41, 5.74) is 5.95. The maximum Gasteiger partial charge on any atom is 0.254 e. The van der Waals surface area contributed by atoms with E-state index in [9.17, 15) is 4.79 Å². The summed E-state index contributed by atoms with van der Waals surface area (Å²) in [4.78, 5) is 11.1. The average molecular weight is 175 g/mol. The molecule has 0 saturated heterocycles. The molecule has 0 aliphatic rings. The van der Waals surface area contributed by atoms with Gasteiger partial charge in [0.1, 0.15) is 0 Å². The molecule has 3 nitrogen and oxygen atoms in total. The first-order valence-corrected chi connectivity index (χ1v) is 3.10. The van der Waals surface area contributed by atoms with Crippen molar-refractivity contribution >= 4 is 12.4 Å². The number of nitrogens with two attached hydrogens (primary N) is 1. The first-order valence-electron chi connectivity index (χ1n) is 3.10. The quantitative estimate of drug-likeness (QED) is 0.664. The van der Waals surface area contributed by atoms with Crippen LogP contribution in [0.3, 0.4) is 0 Å². The molecule has 11 heavy (non-hydrogen) atoms. The van der Waals surface area contributed by atoms with E-state index in [1.54, 1.807) is 19.3 Å². The van der Waals surface area contributed by atoms with Crippen LogP contribution in [0.25, 0.3) is 0 Å². The van der Waals surface area contributed by atoms with Crippen molar-refractivity contribution in [3.63, 3.8) is 0 Å². The Kier molecular flexibility index (Phi) is 3.85. The van der Waals surface area contributed by atoms with Gasteiger partial charge in [0.15, 0.2) is 0 Å².